The van der Waals surface area contributed by atoms with Crippen molar-refractivity contribution in [3.05, 3.63) is 33.1 Å². The Morgan fingerprint density at radius 1 is 1.53 bits per heavy atom. The van der Waals surface area contributed by atoms with E-state index in [2.05, 4.69) is 0 Å². The van der Waals surface area contributed by atoms with Crippen LogP contribution >= 0.6 is 20.6 Å². The maximum absolute atomic E-state index is 12.8. The fourth-order valence-corrected chi connectivity index (χ4v) is 4.14. The second-order valence-electron chi connectivity index (χ2n) is 2.77. The molecule has 0 radical (unpaired) electrons. The Bertz CT molecular complexity index is 446. The third-order valence-electron chi connectivity index (χ3n) is 1.63. The van der Waals surface area contributed by atoms with Crippen molar-refractivity contribution in [1.29, 1.82) is 0 Å². The molecular formula is C9H6FIO4. The Morgan fingerprint density at radius 3 is 2.93 bits per heavy atom. The summed E-state index contributed by atoms with van der Waals surface area (Å²) in [7, 11) is 0. The zero-order valence-corrected chi connectivity index (χ0v) is 9.78. The molecule has 2 rings (SSSR count). The summed E-state index contributed by atoms with van der Waals surface area (Å²) >= 11 is -2.66. The van der Waals surface area contributed by atoms with Gasteiger partial charge in [-0.25, -0.2) is 0 Å². The molecule has 0 spiro atoms. The SMILES string of the molecule is CC(=O)OI1OC(=O)c2cc(F)ccc21. The Hall–Kier alpha value is -1.18. The summed E-state index contributed by atoms with van der Waals surface area (Å²) in [6, 6.07) is 3.75. The van der Waals surface area contributed by atoms with Gasteiger partial charge in [0.05, 0.1) is 0 Å². The van der Waals surface area contributed by atoms with Crippen LogP contribution in [-0.2, 0) is 10.9 Å². The number of hydrogen-bond donors (Lipinski definition) is 0. The van der Waals surface area contributed by atoms with Gasteiger partial charge in [-0.15, -0.1) is 0 Å². The van der Waals surface area contributed by atoms with Crippen molar-refractivity contribution in [2.45, 2.75) is 6.92 Å². The van der Waals surface area contributed by atoms with Crippen molar-refractivity contribution < 1.29 is 20.1 Å². The second-order valence-corrected chi connectivity index (χ2v) is 6.06. The molecule has 6 heteroatoms. The molecule has 1 aromatic carbocycles. The molecule has 0 saturated carbocycles. The van der Waals surface area contributed by atoms with Crippen LogP contribution in [0.3, 0.4) is 0 Å². The molecule has 0 amide bonds. The molecular weight excluding hydrogens is 318 g/mol. The van der Waals surface area contributed by atoms with E-state index < -0.39 is 38.4 Å². The van der Waals surface area contributed by atoms with Crippen LogP contribution in [0.25, 0.3) is 0 Å². The number of benzene rings is 1. The van der Waals surface area contributed by atoms with Crippen LogP contribution < -0.4 is 0 Å². The molecule has 0 atom stereocenters. The molecule has 1 aliphatic heterocycles. The number of carbonyl (C=O) groups is 2. The van der Waals surface area contributed by atoms with E-state index in [0.29, 0.717) is 3.57 Å². The average Bonchev–Trinajstić information content (AvgIpc) is 2.42. The van der Waals surface area contributed by atoms with E-state index in [0.717, 1.165) is 6.07 Å². The fourth-order valence-electron chi connectivity index (χ4n) is 1.09. The Balaban J connectivity index is 2.38. The average molecular weight is 324 g/mol. The van der Waals surface area contributed by atoms with Gasteiger partial charge in [-0.3, -0.25) is 0 Å². The third kappa shape index (κ3) is 1.94. The number of fused-ring (bicyclic) bond motifs is 1. The summed E-state index contributed by atoms with van der Waals surface area (Å²) in [6.45, 7) is 1.24. The van der Waals surface area contributed by atoms with Crippen molar-refractivity contribution in [3.8, 4) is 0 Å². The van der Waals surface area contributed by atoms with E-state index in [1.54, 1.807) is 0 Å². The summed E-state index contributed by atoms with van der Waals surface area (Å²) in [5, 5.41) is 0. The second kappa shape index (κ2) is 3.76. The first-order valence-electron chi connectivity index (χ1n) is 3.99. The molecule has 0 unspecified atom stereocenters. The molecule has 1 heterocycles. The summed E-state index contributed by atoms with van der Waals surface area (Å²) in [4.78, 5) is 22.0. The monoisotopic (exact) mass is 324 g/mol. The van der Waals surface area contributed by atoms with E-state index in [-0.39, 0.29) is 5.56 Å². The van der Waals surface area contributed by atoms with E-state index in [9.17, 15) is 14.0 Å². The standard InChI is InChI=1S/C9H6FIO4/c1-5(12)14-11-8-3-2-6(10)4-7(8)9(13)15-11/h2-4H,1H3. The van der Waals surface area contributed by atoms with Gasteiger partial charge in [-0.2, -0.15) is 0 Å². The molecule has 0 fully saturated rings. The Labute approximate surface area is 92.8 Å². The van der Waals surface area contributed by atoms with Crippen molar-refractivity contribution in [3.63, 3.8) is 0 Å². The molecule has 0 N–H and O–H groups in total. The number of rotatable bonds is 1. The molecule has 1 aromatic rings. The molecule has 4 nitrogen and oxygen atoms in total. The third-order valence-corrected chi connectivity index (χ3v) is 5.34. The van der Waals surface area contributed by atoms with Gasteiger partial charge in [0.25, 0.3) is 0 Å². The first kappa shape index (κ1) is 10.3. The minimum atomic E-state index is -2.66. The molecule has 0 aromatic heterocycles. The van der Waals surface area contributed by atoms with Crippen molar-refractivity contribution in [1.82, 2.24) is 0 Å². The van der Waals surface area contributed by atoms with Crippen LogP contribution in [0, 0.1) is 9.39 Å². The van der Waals surface area contributed by atoms with Gasteiger partial charge in [-0.1, -0.05) is 0 Å². The van der Waals surface area contributed by atoms with Gasteiger partial charge >= 0.3 is 92.8 Å². The normalized spacial score (nSPS) is 15.9. The van der Waals surface area contributed by atoms with Gasteiger partial charge in [0, 0.05) is 0 Å². The molecule has 80 valence electrons. The molecule has 0 aliphatic carbocycles. The van der Waals surface area contributed by atoms with E-state index in [1.165, 1.54) is 19.1 Å². The quantitative estimate of drug-likeness (QED) is 0.742. The van der Waals surface area contributed by atoms with Crippen LogP contribution in [0.5, 0.6) is 0 Å². The van der Waals surface area contributed by atoms with E-state index >= 15 is 0 Å². The van der Waals surface area contributed by atoms with Crippen molar-refractivity contribution in [2.24, 2.45) is 0 Å². The maximum atomic E-state index is 12.8. The summed E-state index contributed by atoms with van der Waals surface area (Å²) in [5.41, 5.74) is 0.168. The van der Waals surface area contributed by atoms with Crippen LogP contribution in [0.2, 0.25) is 0 Å². The van der Waals surface area contributed by atoms with E-state index in [4.69, 9.17) is 6.13 Å². The first-order valence-corrected chi connectivity index (χ1v) is 6.83. The summed E-state index contributed by atoms with van der Waals surface area (Å²) in [6.07, 6.45) is 0. The van der Waals surface area contributed by atoms with Crippen LogP contribution in [0.1, 0.15) is 17.3 Å². The van der Waals surface area contributed by atoms with Crippen molar-refractivity contribution in [2.75, 3.05) is 0 Å². The van der Waals surface area contributed by atoms with Crippen LogP contribution in [0.15, 0.2) is 18.2 Å². The molecule has 0 saturated heterocycles. The van der Waals surface area contributed by atoms with Gasteiger partial charge < -0.3 is 0 Å². The summed E-state index contributed by atoms with van der Waals surface area (Å²) < 4.78 is 23.2. The Morgan fingerprint density at radius 2 is 2.27 bits per heavy atom. The number of carbonyl (C=O) groups excluding carboxylic acids is 2. The zero-order valence-electron chi connectivity index (χ0n) is 7.62. The van der Waals surface area contributed by atoms with Crippen molar-refractivity contribution >= 4 is 32.6 Å². The van der Waals surface area contributed by atoms with Gasteiger partial charge in [0.15, 0.2) is 0 Å². The van der Waals surface area contributed by atoms with Gasteiger partial charge in [0.1, 0.15) is 0 Å². The number of halogens is 2. The van der Waals surface area contributed by atoms with Crippen LogP contribution in [0.4, 0.5) is 4.39 Å². The predicted molar refractivity (Wildman–Crippen MR) is 56.3 cm³/mol. The van der Waals surface area contributed by atoms with Crippen LogP contribution in [-0.4, -0.2) is 11.9 Å². The fraction of sp³-hybridized carbons (Fsp3) is 0.111. The topological polar surface area (TPSA) is 52.6 Å². The number of hydrogen-bond acceptors (Lipinski definition) is 4. The minimum absolute atomic E-state index is 0.168. The van der Waals surface area contributed by atoms with Gasteiger partial charge in [-0.05, 0) is 0 Å². The zero-order chi connectivity index (χ0) is 11.0. The van der Waals surface area contributed by atoms with Gasteiger partial charge in [0.2, 0.25) is 0 Å². The predicted octanol–water partition coefficient (Wildman–Crippen LogP) is 2.07. The first-order chi connectivity index (χ1) is 7.08. The van der Waals surface area contributed by atoms with E-state index in [1.807, 2.05) is 0 Å². The molecule has 0 bridgehead atoms. The Kier molecular flexibility index (Phi) is 2.59. The molecule has 1 aliphatic rings. The molecule has 15 heavy (non-hydrogen) atoms. The summed E-state index contributed by atoms with van der Waals surface area (Å²) in [5.74, 6) is -1.62.